The predicted molar refractivity (Wildman–Crippen MR) is 93.9 cm³/mol. The molecule has 0 atom stereocenters. The van der Waals surface area contributed by atoms with Crippen molar-refractivity contribution in [1.82, 2.24) is 9.80 Å². The number of furan rings is 1. The van der Waals surface area contributed by atoms with Crippen LogP contribution >= 0.6 is 0 Å². The van der Waals surface area contributed by atoms with E-state index in [0.29, 0.717) is 19.8 Å². The normalized spacial score (nSPS) is 22.0. The summed E-state index contributed by atoms with van der Waals surface area (Å²) >= 11 is 0. The van der Waals surface area contributed by atoms with E-state index in [2.05, 4.69) is 4.90 Å². The van der Waals surface area contributed by atoms with Gasteiger partial charge in [0.2, 0.25) is 5.91 Å². The first-order valence-electron chi connectivity index (χ1n) is 9.30. The number of amides is 1. The standard InChI is InChI=1S/C19H30N2O4/c1-20(14-19(15-22)6-11-24-12-7-19)18(23)16-4-8-21(9-5-16)13-17-3-2-10-25-17/h2-3,10,16,22H,4-9,11-15H2,1H3. The third kappa shape index (κ3) is 4.63. The molecular formula is C19H30N2O4. The van der Waals surface area contributed by atoms with Gasteiger partial charge in [0.15, 0.2) is 0 Å². The first kappa shape index (κ1) is 18.4. The number of aliphatic hydroxyl groups is 1. The summed E-state index contributed by atoms with van der Waals surface area (Å²) in [5.74, 6) is 1.29. The summed E-state index contributed by atoms with van der Waals surface area (Å²) < 4.78 is 10.8. The first-order valence-corrected chi connectivity index (χ1v) is 9.30. The molecule has 2 aliphatic rings. The van der Waals surface area contributed by atoms with Crippen LogP contribution in [-0.2, 0) is 16.1 Å². The Morgan fingerprint density at radius 1 is 1.36 bits per heavy atom. The van der Waals surface area contributed by atoms with Crippen molar-refractivity contribution in [1.29, 1.82) is 0 Å². The van der Waals surface area contributed by atoms with Crippen molar-refractivity contribution in [3.8, 4) is 0 Å². The fourth-order valence-electron chi connectivity index (χ4n) is 4.02. The molecule has 1 aromatic heterocycles. The van der Waals surface area contributed by atoms with Gasteiger partial charge in [-0.15, -0.1) is 0 Å². The molecule has 6 nitrogen and oxygen atoms in total. The number of aliphatic hydroxyl groups excluding tert-OH is 1. The highest BCUT2D eigenvalue weighted by Crippen LogP contribution is 2.31. The van der Waals surface area contributed by atoms with Gasteiger partial charge in [-0.05, 0) is 50.9 Å². The third-order valence-electron chi connectivity index (χ3n) is 5.73. The minimum Gasteiger partial charge on any atom is -0.468 e. The highest BCUT2D eigenvalue weighted by Gasteiger charge is 2.36. The number of hydrogen-bond donors (Lipinski definition) is 1. The number of hydrogen-bond acceptors (Lipinski definition) is 5. The van der Waals surface area contributed by atoms with Crippen LogP contribution in [0, 0.1) is 11.3 Å². The quantitative estimate of drug-likeness (QED) is 0.846. The molecular weight excluding hydrogens is 320 g/mol. The summed E-state index contributed by atoms with van der Waals surface area (Å²) in [5.41, 5.74) is -0.192. The zero-order valence-corrected chi connectivity index (χ0v) is 15.2. The smallest absolute Gasteiger partial charge is 0.225 e. The van der Waals surface area contributed by atoms with E-state index < -0.39 is 0 Å². The lowest BCUT2D eigenvalue weighted by Gasteiger charge is -2.40. The molecule has 0 radical (unpaired) electrons. The Labute approximate surface area is 149 Å². The number of nitrogens with zero attached hydrogens (tertiary/aromatic N) is 2. The molecule has 140 valence electrons. The van der Waals surface area contributed by atoms with Crippen LogP contribution in [0.25, 0.3) is 0 Å². The Morgan fingerprint density at radius 2 is 2.08 bits per heavy atom. The molecule has 0 saturated carbocycles. The van der Waals surface area contributed by atoms with E-state index in [-0.39, 0.29) is 23.8 Å². The number of ether oxygens (including phenoxy) is 1. The van der Waals surface area contributed by atoms with Gasteiger partial charge >= 0.3 is 0 Å². The van der Waals surface area contributed by atoms with Gasteiger partial charge < -0.3 is 19.2 Å². The van der Waals surface area contributed by atoms with Gasteiger partial charge in [-0.1, -0.05) is 0 Å². The molecule has 0 spiro atoms. The molecule has 2 aliphatic heterocycles. The number of likely N-dealkylation sites (tertiary alicyclic amines) is 1. The summed E-state index contributed by atoms with van der Waals surface area (Å²) in [4.78, 5) is 17.0. The van der Waals surface area contributed by atoms with Crippen molar-refractivity contribution < 1.29 is 19.1 Å². The van der Waals surface area contributed by atoms with Crippen LogP contribution in [0.4, 0.5) is 0 Å². The fourth-order valence-corrected chi connectivity index (χ4v) is 4.02. The maximum Gasteiger partial charge on any atom is 0.225 e. The molecule has 3 rings (SSSR count). The molecule has 1 amide bonds. The molecule has 25 heavy (non-hydrogen) atoms. The Kier molecular flexibility index (Phi) is 6.15. The largest absolute Gasteiger partial charge is 0.468 e. The van der Waals surface area contributed by atoms with Gasteiger partial charge in [0.05, 0.1) is 19.4 Å². The minimum atomic E-state index is -0.192. The predicted octanol–water partition coefficient (Wildman–Crippen LogP) is 1.74. The minimum absolute atomic E-state index is 0.0911. The van der Waals surface area contributed by atoms with Crippen LogP contribution in [0.3, 0.4) is 0 Å². The molecule has 2 fully saturated rings. The molecule has 2 saturated heterocycles. The third-order valence-corrected chi connectivity index (χ3v) is 5.73. The van der Waals surface area contributed by atoms with E-state index in [1.807, 2.05) is 24.1 Å². The summed E-state index contributed by atoms with van der Waals surface area (Å²) in [7, 11) is 1.88. The van der Waals surface area contributed by atoms with E-state index in [0.717, 1.165) is 51.1 Å². The molecule has 0 aromatic carbocycles. The van der Waals surface area contributed by atoms with Crippen LogP contribution in [0.15, 0.2) is 22.8 Å². The second-order valence-corrected chi connectivity index (χ2v) is 7.59. The Balaban J connectivity index is 1.48. The zero-order chi connectivity index (χ0) is 17.7. The summed E-state index contributed by atoms with van der Waals surface area (Å²) in [5, 5.41) is 9.83. The topological polar surface area (TPSA) is 66.2 Å². The van der Waals surface area contributed by atoms with E-state index in [9.17, 15) is 9.90 Å². The highest BCUT2D eigenvalue weighted by molar-refractivity contribution is 5.78. The van der Waals surface area contributed by atoms with Crippen molar-refractivity contribution in [3.63, 3.8) is 0 Å². The lowest BCUT2D eigenvalue weighted by molar-refractivity contribution is -0.139. The number of piperidine rings is 1. The molecule has 0 unspecified atom stereocenters. The van der Waals surface area contributed by atoms with E-state index in [1.165, 1.54) is 0 Å². The molecule has 6 heteroatoms. The maximum absolute atomic E-state index is 12.8. The number of carbonyl (C=O) groups excluding carboxylic acids is 1. The zero-order valence-electron chi connectivity index (χ0n) is 15.2. The molecule has 1 aromatic rings. The van der Waals surface area contributed by atoms with Crippen molar-refractivity contribution in [2.24, 2.45) is 11.3 Å². The second kappa shape index (κ2) is 8.34. The number of carbonyl (C=O) groups is 1. The van der Waals surface area contributed by atoms with Gasteiger partial charge in [-0.3, -0.25) is 9.69 Å². The van der Waals surface area contributed by atoms with E-state index in [4.69, 9.17) is 9.15 Å². The molecule has 3 heterocycles. The highest BCUT2D eigenvalue weighted by atomic mass is 16.5. The van der Waals surface area contributed by atoms with Crippen LogP contribution in [-0.4, -0.2) is 67.3 Å². The second-order valence-electron chi connectivity index (χ2n) is 7.59. The SMILES string of the molecule is CN(CC1(CO)CCOCC1)C(=O)C1CCN(Cc2ccco2)CC1. The number of rotatable bonds is 6. The van der Waals surface area contributed by atoms with Gasteiger partial charge in [-0.25, -0.2) is 0 Å². The fraction of sp³-hybridized carbons (Fsp3) is 0.737. The van der Waals surface area contributed by atoms with Crippen molar-refractivity contribution in [2.75, 3.05) is 46.5 Å². The van der Waals surface area contributed by atoms with Crippen LogP contribution in [0.2, 0.25) is 0 Å². The first-order chi connectivity index (χ1) is 12.1. The van der Waals surface area contributed by atoms with Gasteiger partial charge in [0.25, 0.3) is 0 Å². The van der Waals surface area contributed by atoms with Crippen LogP contribution < -0.4 is 0 Å². The van der Waals surface area contributed by atoms with Crippen LogP contribution in [0.5, 0.6) is 0 Å². The summed E-state index contributed by atoms with van der Waals surface area (Å²) in [6.45, 7) is 4.75. The van der Waals surface area contributed by atoms with Crippen molar-refractivity contribution in [3.05, 3.63) is 24.2 Å². The lowest BCUT2D eigenvalue weighted by atomic mass is 9.80. The van der Waals surface area contributed by atoms with E-state index in [1.54, 1.807) is 6.26 Å². The van der Waals surface area contributed by atoms with Gasteiger partial charge in [-0.2, -0.15) is 0 Å². The average molecular weight is 350 g/mol. The average Bonchev–Trinajstić information content (AvgIpc) is 3.15. The molecule has 1 N–H and O–H groups in total. The Hall–Kier alpha value is -1.37. The van der Waals surface area contributed by atoms with E-state index >= 15 is 0 Å². The molecule has 0 bridgehead atoms. The van der Waals surface area contributed by atoms with Crippen molar-refractivity contribution >= 4 is 5.91 Å². The summed E-state index contributed by atoms with van der Waals surface area (Å²) in [6, 6.07) is 3.90. The maximum atomic E-state index is 12.8. The summed E-state index contributed by atoms with van der Waals surface area (Å²) in [6.07, 6.45) is 5.12. The van der Waals surface area contributed by atoms with Gasteiger partial charge in [0.1, 0.15) is 5.76 Å². The van der Waals surface area contributed by atoms with Gasteiger partial charge in [0, 0.05) is 38.1 Å². The van der Waals surface area contributed by atoms with Crippen LogP contribution in [0.1, 0.15) is 31.4 Å². The lowest BCUT2D eigenvalue weighted by Crippen LogP contribution is -2.47. The monoisotopic (exact) mass is 350 g/mol. The Bertz CT molecular complexity index is 532. The van der Waals surface area contributed by atoms with Crippen molar-refractivity contribution in [2.45, 2.75) is 32.2 Å². The molecule has 0 aliphatic carbocycles. The Morgan fingerprint density at radius 3 is 2.68 bits per heavy atom.